The van der Waals surface area contributed by atoms with E-state index in [1.54, 1.807) is 0 Å². The van der Waals surface area contributed by atoms with Crippen molar-refractivity contribution in [2.24, 2.45) is 4.99 Å². The van der Waals surface area contributed by atoms with Gasteiger partial charge in [0, 0.05) is 54.3 Å². The van der Waals surface area contributed by atoms with Gasteiger partial charge in [-0.15, -0.1) is 0 Å². The molecule has 0 spiro atoms. The lowest BCUT2D eigenvalue weighted by molar-refractivity contribution is 0.448. The summed E-state index contributed by atoms with van der Waals surface area (Å²) in [6, 6.07) is 23.1. The number of hydrogen-bond acceptors (Lipinski definition) is 6. The lowest BCUT2D eigenvalue weighted by Crippen LogP contribution is -2.24. The number of rotatable bonds is 12. The summed E-state index contributed by atoms with van der Waals surface area (Å²) in [6.45, 7) is 10.4. The number of hydrogen-bond donors (Lipinski definition) is 2. The Hall–Kier alpha value is -5.17. The van der Waals surface area contributed by atoms with Gasteiger partial charge < -0.3 is 19.8 Å². The van der Waals surface area contributed by atoms with E-state index in [9.17, 15) is 0 Å². The highest BCUT2D eigenvalue weighted by molar-refractivity contribution is 6.11. The summed E-state index contributed by atoms with van der Waals surface area (Å²) >= 11 is 0. The Labute approximate surface area is 295 Å². The highest BCUT2D eigenvalue weighted by Crippen LogP contribution is 2.39. The molecule has 3 aromatic rings. The molecule has 256 valence electrons. The molecule has 0 amide bonds. The summed E-state index contributed by atoms with van der Waals surface area (Å²) in [5.74, 6) is 2.50. The van der Waals surface area contributed by atoms with E-state index in [1.807, 2.05) is 6.07 Å². The van der Waals surface area contributed by atoms with Gasteiger partial charge in [-0.2, -0.15) is 4.58 Å². The number of aryl methyl sites for hydroxylation is 3. The Bertz CT molecular complexity index is 2170. The number of aliphatic imine (C=N–C) groups is 1. The fourth-order valence-corrected chi connectivity index (χ4v) is 6.85. The first-order chi connectivity index (χ1) is 24.3. The van der Waals surface area contributed by atoms with Gasteiger partial charge in [-0.25, -0.2) is 9.98 Å². The van der Waals surface area contributed by atoms with Crippen molar-refractivity contribution in [3.63, 3.8) is 0 Å². The van der Waals surface area contributed by atoms with E-state index in [-0.39, 0.29) is 0 Å². The molecule has 2 N–H and O–H groups in total. The molecule has 50 heavy (non-hydrogen) atoms. The molecule has 0 fully saturated rings. The van der Waals surface area contributed by atoms with Crippen LogP contribution < -0.4 is 25.3 Å². The number of nitrogens with zero attached hydrogens (tertiary/aromatic N) is 3. The van der Waals surface area contributed by atoms with E-state index in [4.69, 9.17) is 19.1 Å². The molecule has 7 heteroatoms. The number of aromatic nitrogens is 1. The van der Waals surface area contributed by atoms with E-state index in [1.165, 1.54) is 42.4 Å². The average Bonchev–Trinajstić information content (AvgIpc) is 3.11. The summed E-state index contributed by atoms with van der Waals surface area (Å²) in [5, 5.41) is 8.39. The first kappa shape index (κ1) is 33.3. The Morgan fingerprint density at radius 1 is 0.760 bits per heavy atom. The number of ether oxygens (including phenoxy) is 1. The molecule has 2 heterocycles. The Kier molecular flexibility index (Phi) is 9.83. The summed E-state index contributed by atoms with van der Waals surface area (Å²) in [4.78, 5) is 9.80. The van der Waals surface area contributed by atoms with Crippen LogP contribution in [0.15, 0.2) is 99.6 Å². The zero-order chi connectivity index (χ0) is 34.6. The highest BCUT2D eigenvalue weighted by Gasteiger charge is 2.21. The van der Waals surface area contributed by atoms with Crippen molar-refractivity contribution in [1.82, 2.24) is 9.56 Å². The second kappa shape index (κ2) is 14.8. The molecule has 0 radical (unpaired) electrons. The molecule has 7 nitrogen and oxygen atoms in total. The van der Waals surface area contributed by atoms with Crippen molar-refractivity contribution in [3.8, 4) is 17.2 Å². The largest absolute Gasteiger partial charge is 0.453 e. The second-order valence-corrected chi connectivity index (χ2v) is 13.8. The number of allylic oxidation sites excluding steroid dienone is 3. The van der Waals surface area contributed by atoms with Crippen molar-refractivity contribution in [2.75, 3.05) is 30.8 Å². The molecule has 0 aromatic heterocycles. The first-order valence-corrected chi connectivity index (χ1v) is 18.1. The molecule has 0 atom stereocenters. The number of fused-ring (bicyclic) bond motifs is 4. The standard InChI is InChI=1S/C43H47N5O2/c1-28-17-18-40-35(21-28)46-36-22-29(2)33(25-41(36)49-40)44-19-13-8-6-7-9-14-20-45-34-26-42-37(23-30(34)3)47-38-24-31(4)39(27-43(38)50-42)48(5)32-15-11-10-12-16-32/h10-12,15-16,18,21-27,44H,6-9,13-14,17,19-20H2,1-5H3/p+1. The number of benzene rings is 4. The van der Waals surface area contributed by atoms with Crippen LogP contribution in [0.2, 0.25) is 0 Å². The lowest BCUT2D eigenvalue weighted by atomic mass is 10.0. The number of anilines is 2. The van der Waals surface area contributed by atoms with Gasteiger partial charge in [0.2, 0.25) is 11.0 Å². The number of unbranched alkanes of at least 4 members (excludes halogenated alkanes) is 5. The van der Waals surface area contributed by atoms with Gasteiger partial charge in [0.15, 0.2) is 17.1 Å². The van der Waals surface area contributed by atoms with E-state index >= 15 is 0 Å². The Morgan fingerprint density at radius 2 is 1.46 bits per heavy atom. The van der Waals surface area contributed by atoms with Gasteiger partial charge in [0.05, 0.1) is 6.07 Å². The molecule has 0 saturated heterocycles. The predicted molar refractivity (Wildman–Crippen MR) is 207 cm³/mol. The molecule has 0 unspecified atom stereocenters. The van der Waals surface area contributed by atoms with Gasteiger partial charge in [0.25, 0.3) is 0 Å². The highest BCUT2D eigenvalue weighted by atomic mass is 16.5. The third kappa shape index (κ3) is 7.37. The van der Waals surface area contributed by atoms with Crippen LogP contribution in [0.4, 0.5) is 22.7 Å². The van der Waals surface area contributed by atoms with Gasteiger partial charge in [-0.05, 0) is 88.4 Å². The van der Waals surface area contributed by atoms with Crippen molar-refractivity contribution in [2.45, 2.75) is 72.6 Å². The van der Waals surface area contributed by atoms with Gasteiger partial charge in [-0.1, -0.05) is 49.5 Å². The van der Waals surface area contributed by atoms with Crippen molar-refractivity contribution < 1.29 is 9.15 Å². The van der Waals surface area contributed by atoms with Crippen LogP contribution in [-0.4, -0.2) is 30.8 Å². The molecular weight excluding hydrogens is 619 g/mol. The van der Waals surface area contributed by atoms with E-state index in [2.05, 4.69) is 123 Å². The van der Waals surface area contributed by atoms with Crippen LogP contribution in [-0.2, 0) is 0 Å². The molecule has 7 rings (SSSR count). The summed E-state index contributed by atoms with van der Waals surface area (Å²) in [6.07, 6.45) is 12.4. The maximum atomic E-state index is 6.45. The Morgan fingerprint density at radius 3 is 2.22 bits per heavy atom. The van der Waals surface area contributed by atoms with Crippen LogP contribution in [0, 0.1) is 20.8 Å². The first-order valence-electron chi connectivity index (χ1n) is 18.1. The zero-order valence-corrected chi connectivity index (χ0v) is 30.0. The fraction of sp³-hybridized carbons (Fsp3) is 0.326. The smallest absolute Gasteiger partial charge is 0.212 e. The summed E-state index contributed by atoms with van der Waals surface area (Å²) in [5.41, 5.74) is 12.6. The van der Waals surface area contributed by atoms with E-state index < -0.39 is 0 Å². The fourth-order valence-electron chi connectivity index (χ4n) is 6.85. The third-order valence-corrected chi connectivity index (χ3v) is 9.80. The monoisotopic (exact) mass is 666 g/mol. The van der Waals surface area contributed by atoms with Gasteiger partial charge in [-0.3, -0.25) is 0 Å². The van der Waals surface area contributed by atoms with Crippen molar-refractivity contribution in [3.05, 3.63) is 112 Å². The summed E-state index contributed by atoms with van der Waals surface area (Å²) in [7, 11) is 2.09. The Balaban J connectivity index is 0.870. The third-order valence-electron chi connectivity index (χ3n) is 9.80. The van der Waals surface area contributed by atoms with Gasteiger partial charge >= 0.3 is 0 Å². The quantitative estimate of drug-likeness (QED) is 0.0788. The maximum Gasteiger partial charge on any atom is 0.212 e. The van der Waals surface area contributed by atoms with Crippen LogP contribution in [0.25, 0.3) is 22.6 Å². The minimum Gasteiger partial charge on any atom is -0.453 e. The molecule has 0 bridgehead atoms. The molecule has 2 aliphatic carbocycles. The summed E-state index contributed by atoms with van der Waals surface area (Å²) < 4.78 is 14.8. The van der Waals surface area contributed by atoms with E-state index in [0.29, 0.717) is 0 Å². The van der Waals surface area contributed by atoms with E-state index in [0.717, 1.165) is 106 Å². The number of nitrogens with one attached hydrogen (secondary N) is 2. The van der Waals surface area contributed by atoms with Crippen molar-refractivity contribution in [1.29, 1.82) is 0 Å². The molecule has 4 aliphatic rings. The van der Waals surface area contributed by atoms with Gasteiger partial charge in [0.1, 0.15) is 35.4 Å². The SMILES string of the molecule is CC1=CC2=Nc3cc(C)c(NCCCCCCCCNc4cc5oc6cc(=[N+](C)c7ccccc7)c(C)cc-6nc5cc4C)cc3OC2=CC1. The maximum absolute atomic E-state index is 6.45. The van der Waals surface area contributed by atoms with Crippen molar-refractivity contribution >= 4 is 39.6 Å². The van der Waals surface area contributed by atoms with Crippen LogP contribution in [0.1, 0.15) is 68.6 Å². The normalized spacial score (nSPS) is 14.3. The molecular formula is C43H48N5O2+. The second-order valence-electron chi connectivity index (χ2n) is 13.8. The van der Waals surface area contributed by atoms with Crippen LogP contribution in [0.5, 0.6) is 5.75 Å². The minimum absolute atomic E-state index is 0.788. The van der Waals surface area contributed by atoms with Crippen LogP contribution >= 0.6 is 0 Å². The average molecular weight is 667 g/mol. The lowest BCUT2D eigenvalue weighted by Gasteiger charge is -2.22. The number of para-hydroxylation sites is 1. The predicted octanol–water partition coefficient (Wildman–Crippen LogP) is 10.2. The molecule has 0 saturated carbocycles. The topological polar surface area (TPSA) is 74.7 Å². The van der Waals surface area contributed by atoms with Crippen LogP contribution in [0.3, 0.4) is 0 Å². The molecule has 2 aliphatic heterocycles. The minimum atomic E-state index is 0.788. The zero-order valence-electron chi connectivity index (χ0n) is 30.0. The molecule has 3 aromatic carbocycles.